The number of amides is 1. The zero-order valence-electron chi connectivity index (χ0n) is 18.5. The lowest BCUT2D eigenvalue weighted by Crippen LogP contribution is -2.24. The Morgan fingerprint density at radius 3 is 2.58 bits per heavy atom. The summed E-state index contributed by atoms with van der Waals surface area (Å²) in [5, 5.41) is 2.99. The van der Waals surface area contributed by atoms with E-state index in [9.17, 15) is 4.79 Å². The Balaban J connectivity index is 1.72. The largest absolute Gasteiger partial charge is 0.348 e. The minimum Gasteiger partial charge on any atom is -0.348 e. The van der Waals surface area contributed by atoms with Gasteiger partial charge < -0.3 is 5.32 Å². The normalized spacial score (nSPS) is 14.0. The maximum absolute atomic E-state index is 13.0. The predicted octanol–water partition coefficient (Wildman–Crippen LogP) is 5.47. The first-order valence-electron chi connectivity index (χ1n) is 10.7. The number of pyridine rings is 2. The van der Waals surface area contributed by atoms with E-state index in [0.717, 1.165) is 38.0 Å². The molecular weight excluding hydrogens is 428 g/mol. The Kier molecular flexibility index (Phi) is 7.27. The van der Waals surface area contributed by atoms with E-state index in [1.54, 1.807) is 36.4 Å². The van der Waals surface area contributed by atoms with Crippen LogP contribution in [0.25, 0.3) is 0 Å². The van der Waals surface area contributed by atoms with Crippen LogP contribution in [0.15, 0.2) is 117 Å². The van der Waals surface area contributed by atoms with Gasteiger partial charge in [0, 0.05) is 46.1 Å². The second kappa shape index (κ2) is 10.7. The van der Waals surface area contributed by atoms with Crippen LogP contribution in [0.4, 0.5) is 0 Å². The van der Waals surface area contributed by atoms with Gasteiger partial charge in [-0.2, -0.15) is 0 Å². The zero-order chi connectivity index (χ0) is 23.0. The Bertz CT molecular complexity index is 1260. The molecular formula is C27H24N4OS. The summed E-state index contributed by atoms with van der Waals surface area (Å²) < 4.78 is 0. The maximum atomic E-state index is 13.0. The first-order chi connectivity index (χ1) is 16.2. The van der Waals surface area contributed by atoms with Gasteiger partial charge in [-0.3, -0.25) is 14.8 Å². The molecule has 164 valence electrons. The summed E-state index contributed by atoms with van der Waals surface area (Å²) in [5.74, 6) is -0.161. The van der Waals surface area contributed by atoms with Gasteiger partial charge in [0.2, 0.25) is 0 Å². The number of aromatic nitrogens is 2. The van der Waals surface area contributed by atoms with E-state index < -0.39 is 0 Å². The average Bonchev–Trinajstić information content (AvgIpc) is 2.99. The Labute approximate surface area is 198 Å². The highest BCUT2D eigenvalue weighted by atomic mass is 32.2. The van der Waals surface area contributed by atoms with Gasteiger partial charge in [0.05, 0.1) is 17.1 Å². The van der Waals surface area contributed by atoms with Crippen LogP contribution in [0.5, 0.6) is 0 Å². The van der Waals surface area contributed by atoms with E-state index in [1.807, 2.05) is 68.5 Å². The lowest BCUT2D eigenvalue weighted by Gasteiger charge is -2.08. The molecule has 1 aromatic carbocycles. The van der Waals surface area contributed by atoms with Gasteiger partial charge in [0.1, 0.15) is 0 Å². The molecule has 0 unspecified atom stereocenters. The highest BCUT2D eigenvalue weighted by molar-refractivity contribution is 8.03. The van der Waals surface area contributed by atoms with Crippen LogP contribution >= 0.6 is 11.8 Å². The molecule has 1 aliphatic rings. The van der Waals surface area contributed by atoms with E-state index in [4.69, 9.17) is 4.99 Å². The summed E-state index contributed by atoms with van der Waals surface area (Å²) in [5.41, 5.74) is 4.88. The summed E-state index contributed by atoms with van der Waals surface area (Å²) in [6, 6.07) is 17.7. The summed E-state index contributed by atoms with van der Waals surface area (Å²) in [6.07, 6.45) is 10.7. The third kappa shape index (κ3) is 5.54. The standard InChI is InChI=1S/C27H24N4OS/c1-3-8-21(27(32)30-18-20-12-15-28-16-13-20)17-24-19(2)33-25-11-5-4-9-22(25)26(31-24)23-10-6-7-14-29-23/h3-17H,18H2,1-2H3,(H,30,32)/b8-3-,21-17+. The van der Waals surface area contributed by atoms with Gasteiger partial charge >= 0.3 is 0 Å². The predicted molar refractivity (Wildman–Crippen MR) is 134 cm³/mol. The van der Waals surface area contributed by atoms with Gasteiger partial charge in [-0.15, -0.1) is 0 Å². The Morgan fingerprint density at radius 1 is 1.03 bits per heavy atom. The van der Waals surface area contributed by atoms with Gasteiger partial charge in [0.25, 0.3) is 5.91 Å². The molecule has 6 heteroatoms. The molecule has 0 aliphatic carbocycles. The van der Waals surface area contributed by atoms with E-state index in [-0.39, 0.29) is 5.91 Å². The number of rotatable bonds is 6. The zero-order valence-corrected chi connectivity index (χ0v) is 19.3. The van der Waals surface area contributed by atoms with E-state index in [1.165, 1.54) is 0 Å². The van der Waals surface area contributed by atoms with E-state index >= 15 is 0 Å². The van der Waals surface area contributed by atoms with E-state index in [0.29, 0.717) is 12.1 Å². The smallest absolute Gasteiger partial charge is 0.251 e. The van der Waals surface area contributed by atoms with Crippen molar-refractivity contribution in [2.75, 3.05) is 0 Å². The average molecular weight is 453 g/mol. The quantitative estimate of drug-likeness (QED) is 0.398. The van der Waals surface area contributed by atoms with Crippen molar-refractivity contribution in [3.8, 4) is 0 Å². The van der Waals surface area contributed by atoms with Crippen LogP contribution in [-0.2, 0) is 11.3 Å². The van der Waals surface area contributed by atoms with Gasteiger partial charge in [0.15, 0.2) is 0 Å². The molecule has 2 aromatic heterocycles. The maximum Gasteiger partial charge on any atom is 0.251 e. The number of allylic oxidation sites excluding steroid dienone is 3. The van der Waals surface area contributed by atoms with Crippen LogP contribution in [0.3, 0.4) is 0 Å². The number of carbonyl (C=O) groups excluding carboxylic acids is 1. The number of benzene rings is 1. The van der Waals surface area contributed by atoms with Gasteiger partial charge in [-0.1, -0.05) is 48.2 Å². The third-order valence-electron chi connectivity index (χ3n) is 5.01. The molecule has 0 bridgehead atoms. The number of nitrogens with zero attached hydrogens (tertiary/aromatic N) is 3. The number of thioether (sulfide) groups is 1. The molecule has 0 fully saturated rings. The number of hydrogen-bond acceptors (Lipinski definition) is 5. The Hall–Kier alpha value is -3.77. The molecule has 0 spiro atoms. The van der Waals surface area contributed by atoms with Crippen molar-refractivity contribution < 1.29 is 4.79 Å². The van der Waals surface area contributed by atoms with Gasteiger partial charge in [-0.05, 0) is 55.8 Å². The minimum absolute atomic E-state index is 0.161. The summed E-state index contributed by atoms with van der Waals surface area (Å²) in [7, 11) is 0. The van der Waals surface area contributed by atoms with Crippen molar-refractivity contribution in [3.63, 3.8) is 0 Å². The molecule has 33 heavy (non-hydrogen) atoms. The van der Waals surface area contributed by atoms with E-state index in [2.05, 4.69) is 27.4 Å². The van der Waals surface area contributed by atoms with Crippen molar-refractivity contribution in [2.24, 2.45) is 4.99 Å². The molecule has 5 nitrogen and oxygen atoms in total. The molecule has 1 amide bonds. The minimum atomic E-state index is -0.161. The topological polar surface area (TPSA) is 67.2 Å². The third-order valence-corrected chi connectivity index (χ3v) is 6.10. The summed E-state index contributed by atoms with van der Waals surface area (Å²) >= 11 is 1.65. The molecule has 1 N–H and O–H groups in total. The molecule has 3 aromatic rings. The molecule has 3 heterocycles. The fraction of sp³-hybridized carbons (Fsp3) is 0.111. The molecule has 1 aliphatic heterocycles. The van der Waals surface area contributed by atoms with Crippen LogP contribution in [-0.4, -0.2) is 21.6 Å². The van der Waals surface area contributed by atoms with Crippen molar-refractivity contribution in [2.45, 2.75) is 25.3 Å². The first-order valence-corrected chi connectivity index (χ1v) is 11.5. The summed E-state index contributed by atoms with van der Waals surface area (Å²) in [4.78, 5) is 28.7. The fourth-order valence-corrected chi connectivity index (χ4v) is 4.32. The molecule has 0 radical (unpaired) electrons. The van der Waals surface area contributed by atoms with Crippen molar-refractivity contribution in [1.29, 1.82) is 0 Å². The van der Waals surface area contributed by atoms with Crippen LogP contribution in [0.2, 0.25) is 0 Å². The highest BCUT2D eigenvalue weighted by Gasteiger charge is 2.19. The van der Waals surface area contributed by atoms with Gasteiger partial charge in [-0.25, -0.2) is 4.99 Å². The van der Waals surface area contributed by atoms with Crippen LogP contribution < -0.4 is 5.32 Å². The lowest BCUT2D eigenvalue weighted by atomic mass is 10.1. The molecule has 0 saturated heterocycles. The fourth-order valence-electron chi connectivity index (χ4n) is 3.36. The second-order valence-electron chi connectivity index (χ2n) is 7.35. The Morgan fingerprint density at radius 2 is 1.82 bits per heavy atom. The number of carbonyl (C=O) groups is 1. The SMILES string of the molecule is C/C=C\C(=C/C1=C(C)Sc2ccccc2C(c2ccccn2)=N1)C(=O)NCc1ccncc1. The second-order valence-corrected chi connectivity index (χ2v) is 8.61. The number of fused-ring (bicyclic) bond motifs is 1. The summed E-state index contributed by atoms with van der Waals surface area (Å²) in [6.45, 7) is 4.35. The first kappa shape index (κ1) is 22.4. The van der Waals surface area contributed by atoms with Crippen molar-refractivity contribution >= 4 is 23.4 Å². The van der Waals surface area contributed by atoms with Crippen LogP contribution in [0, 0.1) is 0 Å². The van der Waals surface area contributed by atoms with Crippen molar-refractivity contribution in [1.82, 2.24) is 15.3 Å². The van der Waals surface area contributed by atoms with Crippen molar-refractivity contribution in [3.05, 3.63) is 124 Å². The van der Waals surface area contributed by atoms with Crippen LogP contribution in [0.1, 0.15) is 30.7 Å². The number of nitrogens with one attached hydrogen (secondary N) is 1. The lowest BCUT2D eigenvalue weighted by molar-refractivity contribution is -0.117. The number of hydrogen-bond donors (Lipinski definition) is 1. The highest BCUT2D eigenvalue weighted by Crippen LogP contribution is 2.36. The molecule has 0 saturated carbocycles. The molecule has 4 rings (SSSR count). The monoisotopic (exact) mass is 452 g/mol. The number of aliphatic imine (C=N–C) groups is 1. The molecule has 0 atom stereocenters.